The van der Waals surface area contributed by atoms with Crippen molar-refractivity contribution < 1.29 is 14.3 Å². The van der Waals surface area contributed by atoms with Gasteiger partial charge in [-0.15, -0.1) is 0 Å². The lowest BCUT2D eigenvalue weighted by Crippen LogP contribution is -2.32. The third kappa shape index (κ3) is 3.73. The molecule has 1 rings (SSSR count). The van der Waals surface area contributed by atoms with E-state index < -0.39 is 5.97 Å². The normalized spacial score (nSPS) is 9.94. The Balaban J connectivity index is 2.34. The Bertz CT molecular complexity index is 457. The number of hydrogen-bond acceptors (Lipinski definition) is 4. The number of aryl methyl sites for hydroxylation is 2. The summed E-state index contributed by atoms with van der Waals surface area (Å²) >= 11 is 0. The predicted molar refractivity (Wildman–Crippen MR) is 66.3 cm³/mol. The van der Waals surface area contributed by atoms with Crippen molar-refractivity contribution in [2.24, 2.45) is 0 Å². The quantitative estimate of drug-likeness (QED) is 0.495. The molecule has 0 aliphatic rings. The molecule has 98 valence electrons. The maximum Gasteiger partial charge on any atom is 0.342 e. The lowest BCUT2D eigenvalue weighted by Gasteiger charge is -2.06. The highest BCUT2D eigenvalue weighted by atomic mass is 16.5. The smallest absolute Gasteiger partial charge is 0.342 e. The fourth-order valence-electron chi connectivity index (χ4n) is 1.16. The number of nitrogens with zero attached hydrogens (tertiary/aromatic N) is 2. The summed E-state index contributed by atoms with van der Waals surface area (Å²) in [7, 11) is 0. The molecule has 6 nitrogen and oxygen atoms in total. The molecule has 0 aromatic carbocycles. The zero-order valence-electron chi connectivity index (χ0n) is 10.8. The van der Waals surface area contributed by atoms with Crippen LogP contribution in [0.5, 0.6) is 0 Å². The van der Waals surface area contributed by atoms with Crippen LogP contribution in [-0.4, -0.2) is 34.9 Å². The molecule has 0 fully saturated rings. The second kappa shape index (κ2) is 6.00. The van der Waals surface area contributed by atoms with Crippen molar-refractivity contribution in [3.05, 3.63) is 29.6 Å². The molecule has 1 N–H and O–H groups in total. The van der Waals surface area contributed by atoms with Crippen molar-refractivity contribution in [1.29, 1.82) is 0 Å². The third-order valence-electron chi connectivity index (χ3n) is 2.31. The number of carbonyl (C=O) groups is 2. The van der Waals surface area contributed by atoms with Crippen LogP contribution in [0.25, 0.3) is 0 Å². The third-order valence-corrected chi connectivity index (χ3v) is 2.31. The van der Waals surface area contributed by atoms with E-state index in [9.17, 15) is 9.59 Å². The molecule has 0 saturated heterocycles. The molecule has 0 atom stereocenters. The molecule has 0 spiro atoms. The van der Waals surface area contributed by atoms with Crippen LogP contribution in [0, 0.1) is 13.8 Å². The molecule has 6 heteroatoms. The number of carbonyl (C=O) groups excluding carboxylic acids is 2. The maximum absolute atomic E-state index is 11.6. The van der Waals surface area contributed by atoms with Crippen LogP contribution in [0.4, 0.5) is 4.79 Å². The molecule has 1 aromatic rings. The highest BCUT2D eigenvalue weighted by Crippen LogP contribution is 2.01. The first-order valence-corrected chi connectivity index (χ1v) is 5.55. The maximum atomic E-state index is 11.6. The number of amides is 1. The minimum Gasteiger partial charge on any atom is -0.460 e. The molecule has 1 amide bonds. The van der Waals surface area contributed by atoms with Gasteiger partial charge in [0.1, 0.15) is 6.61 Å². The number of rotatable bonds is 4. The van der Waals surface area contributed by atoms with Crippen molar-refractivity contribution in [1.82, 2.24) is 15.1 Å². The summed E-state index contributed by atoms with van der Waals surface area (Å²) in [4.78, 5) is 22.7. The average Bonchev–Trinajstić information content (AvgIpc) is 2.64. The lowest BCUT2D eigenvalue weighted by atomic mass is 10.3. The minimum atomic E-state index is -0.463. The molecule has 0 aliphatic carbocycles. The standard InChI is InChI=1S/C12H17N3O3/c1-8(2)11(16)18-6-5-13-12(17)15-7-9(3)10(4)14-15/h7H,1,5-6H2,2-4H3,(H,13,17). The second-order valence-electron chi connectivity index (χ2n) is 3.99. The Hall–Kier alpha value is -2.11. The Labute approximate surface area is 106 Å². The largest absolute Gasteiger partial charge is 0.460 e. The summed E-state index contributed by atoms with van der Waals surface area (Å²) in [6, 6.07) is -0.349. The van der Waals surface area contributed by atoms with E-state index in [2.05, 4.69) is 17.0 Å². The van der Waals surface area contributed by atoms with Gasteiger partial charge in [-0.2, -0.15) is 9.78 Å². The summed E-state index contributed by atoms with van der Waals surface area (Å²) in [5.74, 6) is -0.463. The van der Waals surface area contributed by atoms with Gasteiger partial charge in [0.15, 0.2) is 0 Å². The number of hydrogen-bond donors (Lipinski definition) is 1. The Morgan fingerprint density at radius 2 is 2.17 bits per heavy atom. The molecule has 0 aliphatic heterocycles. The first-order chi connectivity index (χ1) is 8.41. The summed E-state index contributed by atoms with van der Waals surface area (Å²) in [6.07, 6.45) is 1.64. The van der Waals surface area contributed by atoms with Crippen molar-refractivity contribution >= 4 is 12.0 Å². The molecular formula is C12H17N3O3. The van der Waals surface area contributed by atoms with Gasteiger partial charge < -0.3 is 10.1 Å². The Morgan fingerprint density at radius 3 is 2.67 bits per heavy atom. The van der Waals surface area contributed by atoms with Crippen LogP contribution in [0.15, 0.2) is 18.3 Å². The monoisotopic (exact) mass is 251 g/mol. The molecule has 0 saturated carbocycles. The van der Waals surface area contributed by atoms with E-state index in [0.29, 0.717) is 5.57 Å². The van der Waals surface area contributed by atoms with Crippen molar-refractivity contribution in [3.63, 3.8) is 0 Å². The first-order valence-electron chi connectivity index (χ1n) is 5.55. The predicted octanol–water partition coefficient (Wildman–Crippen LogP) is 1.18. The van der Waals surface area contributed by atoms with E-state index in [-0.39, 0.29) is 19.2 Å². The highest BCUT2D eigenvalue weighted by Gasteiger charge is 2.08. The number of esters is 1. The van der Waals surface area contributed by atoms with Gasteiger partial charge in [-0.25, -0.2) is 9.59 Å². The Kier molecular flexibility index (Phi) is 4.65. The minimum absolute atomic E-state index is 0.108. The van der Waals surface area contributed by atoms with Gasteiger partial charge in [0.2, 0.25) is 0 Å². The SMILES string of the molecule is C=C(C)C(=O)OCCNC(=O)n1cc(C)c(C)n1. The van der Waals surface area contributed by atoms with Gasteiger partial charge in [-0.05, 0) is 26.3 Å². The van der Waals surface area contributed by atoms with Crippen molar-refractivity contribution in [3.8, 4) is 0 Å². The fourth-order valence-corrected chi connectivity index (χ4v) is 1.16. The molecule has 0 bridgehead atoms. The van der Waals surface area contributed by atoms with Crippen LogP contribution in [-0.2, 0) is 9.53 Å². The van der Waals surface area contributed by atoms with Crippen LogP contribution in [0.3, 0.4) is 0 Å². The molecule has 1 aromatic heterocycles. The van der Waals surface area contributed by atoms with E-state index in [1.54, 1.807) is 13.1 Å². The van der Waals surface area contributed by atoms with Gasteiger partial charge in [-0.3, -0.25) is 0 Å². The van der Waals surface area contributed by atoms with Crippen molar-refractivity contribution in [2.45, 2.75) is 20.8 Å². The summed E-state index contributed by atoms with van der Waals surface area (Å²) in [5.41, 5.74) is 2.08. The highest BCUT2D eigenvalue weighted by molar-refractivity contribution is 5.86. The molecule has 18 heavy (non-hydrogen) atoms. The van der Waals surface area contributed by atoms with Crippen LogP contribution >= 0.6 is 0 Å². The zero-order chi connectivity index (χ0) is 13.7. The summed E-state index contributed by atoms with van der Waals surface area (Å²) in [6.45, 7) is 9.06. The molecule has 1 heterocycles. The zero-order valence-corrected chi connectivity index (χ0v) is 10.8. The van der Waals surface area contributed by atoms with E-state index in [1.165, 1.54) is 4.68 Å². The van der Waals surface area contributed by atoms with E-state index >= 15 is 0 Å². The number of ether oxygens (including phenoxy) is 1. The van der Waals surface area contributed by atoms with Gasteiger partial charge in [-0.1, -0.05) is 6.58 Å². The van der Waals surface area contributed by atoms with Crippen LogP contribution in [0.1, 0.15) is 18.2 Å². The van der Waals surface area contributed by atoms with Gasteiger partial charge in [0.25, 0.3) is 0 Å². The molecule has 0 unspecified atom stereocenters. The summed E-state index contributed by atoms with van der Waals surface area (Å²) < 4.78 is 6.06. The van der Waals surface area contributed by atoms with E-state index in [1.807, 2.05) is 13.8 Å². The van der Waals surface area contributed by atoms with Gasteiger partial charge in [0, 0.05) is 11.8 Å². The van der Waals surface area contributed by atoms with Gasteiger partial charge >= 0.3 is 12.0 Å². The Morgan fingerprint density at radius 1 is 1.50 bits per heavy atom. The summed E-state index contributed by atoms with van der Waals surface area (Å²) in [5, 5.41) is 6.62. The number of nitrogens with one attached hydrogen (secondary N) is 1. The number of aromatic nitrogens is 2. The second-order valence-corrected chi connectivity index (χ2v) is 3.99. The average molecular weight is 251 g/mol. The molecular weight excluding hydrogens is 234 g/mol. The van der Waals surface area contributed by atoms with Crippen LogP contribution < -0.4 is 5.32 Å². The first kappa shape index (κ1) is 14.0. The fraction of sp³-hybridized carbons (Fsp3) is 0.417. The topological polar surface area (TPSA) is 73.2 Å². The van der Waals surface area contributed by atoms with Crippen LogP contribution in [0.2, 0.25) is 0 Å². The van der Waals surface area contributed by atoms with E-state index in [4.69, 9.17) is 4.74 Å². The lowest BCUT2D eigenvalue weighted by molar-refractivity contribution is -0.138. The van der Waals surface area contributed by atoms with Crippen molar-refractivity contribution in [2.75, 3.05) is 13.2 Å². The van der Waals surface area contributed by atoms with Gasteiger partial charge in [0.05, 0.1) is 12.2 Å². The molecule has 0 radical (unpaired) electrons. The van der Waals surface area contributed by atoms with E-state index in [0.717, 1.165) is 11.3 Å².